The molecular formula is C12H17F3N2S. The van der Waals surface area contributed by atoms with Gasteiger partial charge in [-0.15, -0.1) is 11.3 Å². The largest absolute Gasteiger partial charge is 0.434 e. The minimum absolute atomic E-state index is 0.246. The minimum atomic E-state index is -4.34. The van der Waals surface area contributed by atoms with Crippen LogP contribution in [0.3, 0.4) is 0 Å². The van der Waals surface area contributed by atoms with Crippen molar-refractivity contribution in [2.75, 3.05) is 6.54 Å². The molecule has 1 saturated carbocycles. The third-order valence-corrected chi connectivity index (χ3v) is 4.31. The van der Waals surface area contributed by atoms with Crippen molar-refractivity contribution in [3.05, 3.63) is 15.6 Å². The molecule has 1 heterocycles. The zero-order chi connectivity index (χ0) is 13.3. The van der Waals surface area contributed by atoms with Crippen molar-refractivity contribution in [1.82, 2.24) is 10.3 Å². The van der Waals surface area contributed by atoms with Crippen LogP contribution in [0.25, 0.3) is 0 Å². The summed E-state index contributed by atoms with van der Waals surface area (Å²) in [6.07, 6.45) is -2.46. The standard InChI is InChI=1S/C12H17F3N2S/c1-3-4-16-6-9-10(12(13,14)15)17-11(18-9)8-5-7(8)2/h7-8,16H,3-6H2,1-2H3. The first-order chi connectivity index (χ1) is 8.43. The third-order valence-electron chi connectivity index (χ3n) is 3.12. The number of aromatic nitrogens is 1. The number of hydrogen-bond acceptors (Lipinski definition) is 3. The van der Waals surface area contributed by atoms with Gasteiger partial charge in [-0.2, -0.15) is 13.2 Å². The van der Waals surface area contributed by atoms with E-state index in [0.29, 0.717) is 15.8 Å². The van der Waals surface area contributed by atoms with Crippen molar-refractivity contribution in [1.29, 1.82) is 0 Å². The Balaban J connectivity index is 2.16. The molecule has 2 atom stereocenters. The number of thiazole rings is 1. The fourth-order valence-corrected chi connectivity index (χ4v) is 3.22. The number of hydrogen-bond donors (Lipinski definition) is 1. The van der Waals surface area contributed by atoms with Crippen LogP contribution in [0.5, 0.6) is 0 Å². The van der Waals surface area contributed by atoms with Gasteiger partial charge in [0, 0.05) is 12.5 Å². The maximum Gasteiger partial charge on any atom is 0.434 e. The smallest absolute Gasteiger partial charge is 0.312 e. The van der Waals surface area contributed by atoms with Crippen LogP contribution in [-0.2, 0) is 12.7 Å². The molecule has 1 aromatic heterocycles. The van der Waals surface area contributed by atoms with Gasteiger partial charge in [-0.25, -0.2) is 4.98 Å². The highest BCUT2D eigenvalue weighted by Crippen LogP contribution is 2.49. The third kappa shape index (κ3) is 3.03. The Hall–Kier alpha value is -0.620. The van der Waals surface area contributed by atoms with Gasteiger partial charge in [0.15, 0.2) is 5.69 Å². The Morgan fingerprint density at radius 3 is 2.61 bits per heavy atom. The van der Waals surface area contributed by atoms with Crippen LogP contribution < -0.4 is 5.32 Å². The van der Waals surface area contributed by atoms with Gasteiger partial charge in [-0.3, -0.25) is 0 Å². The van der Waals surface area contributed by atoms with Crippen molar-refractivity contribution in [2.45, 2.75) is 45.3 Å². The molecule has 102 valence electrons. The molecule has 0 amide bonds. The van der Waals surface area contributed by atoms with Crippen LogP contribution >= 0.6 is 11.3 Å². The minimum Gasteiger partial charge on any atom is -0.312 e. The summed E-state index contributed by atoms with van der Waals surface area (Å²) >= 11 is 1.22. The maximum atomic E-state index is 12.9. The Morgan fingerprint density at radius 1 is 1.44 bits per heavy atom. The molecule has 1 N–H and O–H groups in total. The summed E-state index contributed by atoms with van der Waals surface area (Å²) in [7, 11) is 0. The monoisotopic (exact) mass is 278 g/mol. The highest BCUT2D eigenvalue weighted by atomic mass is 32.1. The van der Waals surface area contributed by atoms with Gasteiger partial charge in [0.2, 0.25) is 0 Å². The lowest BCUT2D eigenvalue weighted by atomic mass is 10.3. The second-order valence-electron chi connectivity index (χ2n) is 4.82. The van der Waals surface area contributed by atoms with E-state index in [-0.39, 0.29) is 12.5 Å². The predicted molar refractivity (Wildman–Crippen MR) is 65.6 cm³/mol. The van der Waals surface area contributed by atoms with E-state index < -0.39 is 11.9 Å². The average molecular weight is 278 g/mol. The summed E-state index contributed by atoms with van der Waals surface area (Å²) in [5, 5.41) is 3.67. The Labute approximate surface area is 109 Å². The quantitative estimate of drug-likeness (QED) is 0.829. The molecule has 1 aliphatic carbocycles. The van der Waals surface area contributed by atoms with Gasteiger partial charge in [-0.1, -0.05) is 13.8 Å². The molecule has 0 spiro atoms. The van der Waals surface area contributed by atoms with E-state index in [1.165, 1.54) is 11.3 Å². The Morgan fingerprint density at radius 2 is 2.11 bits per heavy atom. The lowest BCUT2D eigenvalue weighted by Gasteiger charge is -2.06. The first kappa shape index (κ1) is 13.8. The molecule has 0 aliphatic heterocycles. The van der Waals surface area contributed by atoms with Gasteiger partial charge < -0.3 is 5.32 Å². The topological polar surface area (TPSA) is 24.9 Å². The lowest BCUT2D eigenvalue weighted by Crippen LogP contribution is -2.17. The fraction of sp³-hybridized carbons (Fsp3) is 0.750. The molecule has 2 nitrogen and oxygen atoms in total. The highest BCUT2D eigenvalue weighted by molar-refractivity contribution is 7.11. The Kier molecular flexibility index (Phi) is 3.96. The summed E-state index contributed by atoms with van der Waals surface area (Å²) in [5.74, 6) is 0.727. The van der Waals surface area contributed by atoms with Crippen LogP contribution in [0.2, 0.25) is 0 Å². The first-order valence-corrected chi connectivity index (χ1v) is 7.02. The molecule has 0 saturated heterocycles. The van der Waals surface area contributed by atoms with Crippen LogP contribution in [0.15, 0.2) is 0 Å². The van der Waals surface area contributed by atoms with Crippen LogP contribution in [0, 0.1) is 5.92 Å². The summed E-state index contributed by atoms with van der Waals surface area (Å²) in [4.78, 5) is 4.15. The lowest BCUT2D eigenvalue weighted by molar-refractivity contribution is -0.141. The molecule has 1 aliphatic rings. The molecule has 0 aromatic carbocycles. The number of alkyl halides is 3. The molecule has 1 fully saturated rings. The van der Waals surface area contributed by atoms with E-state index >= 15 is 0 Å². The molecule has 1 aromatic rings. The van der Waals surface area contributed by atoms with E-state index in [1.807, 2.05) is 13.8 Å². The van der Waals surface area contributed by atoms with Gasteiger partial charge in [0.25, 0.3) is 0 Å². The van der Waals surface area contributed by atoms with Crippen molar-refractivity contribution in [2.24, 2.45) is 5.92 Å². The van der Waals surface area contributed by atoms with E-state index in [9.17, 15) is 13.2 Å². The zero-order valence-electron chi connectivity index (χ0n) is 10.5. The number of halogens is 3. The summed E-state index contributed by atoms with van der Waals surface area (Å²) in [6.45, 7) is 5.03. The molecule has 18 heavy (non-hydrogen) atoms. The zero-order valence-corrected chi connectivity index (χ0v) is 11.3. The summed E-state index contributed by atoms with van der Waals surface area (Å²) in [5.41, 5.74) is -0.690. The molecule has 2 unspecified atom stereocenters. The van der Waals surface area contributed by atoms with Crippen LogP contribution in [-0.4, -0.2) is 11.5 Å². The predicted octanol–water partition coefficient (Wildman–Crippen LogP) is 3.78. The van der Waals surface area contributed by atoms with Crippen molar-refractivity contribution in [3.63, 3.8) is 0 Å². The van der Waals surface area contributed by atoms with Gasteiger partial charge in [0.05, 0.1) is 9.88 Å². The summed E-state index contributed by atoms with van der Waals surface area (Å²) < 4.78 is 38.6. The van der Waals surface area contributed by atoms with Crippen LogP contribution in [0.1, 0.15) is 48.2 Å². The van der Waals surface area contributed by atoms with Crippen LogP contribution in [0.4, 0.5) is 13.2 Å². The van der Waals surface area contributed by atoms with Crippen molar-refractivity contribution in [3.8, 4) is 0 Å². The van der Waals surface area contributed by atoms with E-state index in [0.717, 1.165) is 19.4 Å². The van der Waals surface area contributed by atoms with Crippen molar-refractivity contribution < 1.29 is 13.2 Å². The van der Waals surface area contributed by atoms with E-state index in [4.69, 9.17) is 0 Å². The molecule has 6 heteroatoms. The second kappa shape index (κ2) is 5.17. The SMILES string of the molecule is CCCNCc1sc(C2CC2C)nc1C(F)(F)F. The van der Waals surface area contributed by atoms with Gasteiger partial charge in [0.1, 0.15) is 0 Å². The molecule has 2 rings (SSSR count). The number of nitrogens with one attached hydrogen (secondary N) is 1. The average Bonchev–Trinajstić information content (AvgIpc) is 2.85. The maximum absolute atomic E-state index is 12.9. The van der Waals surface area contributed by atoms with E-state index in [1.54, 1.807) is 0 Å². The Bertz CT molecular complexity index is 414. The fourth-order valence-electron chi connectivity index (χ4n) is 1.91. The normalized spacial score (nSPS) is 23.4. The highest BCUT2D eigenvalue weighted by Gasteiger charge is 2.42. The van der Waals surface area contributed by atoms with Crippen molar-refractivity contribution >= 4 is 11.3 Å². The molecule has 0 radical (unpaired) electrons. The number of nitrogens with zero attached hydrogens (tertiary/aromatic N) is 1. The number of rotatable bonds is 5. The molecule has 0 bridgehead atoms. The van der Waals surface area contributed by atoms with Gasteiger partial charge in [-0.05, 0) is 25.3 Å². The summed E-state index contributed by atoms with van der Waals surface area (Å²) in [6, 6.07) is 0. The van der Waals surface area contributed by atoms with E-state index in [2.05, 4.69) is 10.3 Å². The first-order valence-electron chi connectivity index (χ1n) is 6.21. The second-order valence-corrected chi connectivity index (χ2v) is 5.93. The van der Waals surface area contributed by atoms with Gasteiger partial charge >= 0.3 is 6.18 Å². The molecular weight excluding hydrogens is 261 g/mol.